The van der Waals surface area contributed by atoms with Gasteiger partial charge in [-0.1, -0.05) is 13.8 Å². The summed E-state index contributed by atoms with van der Waals surface area (Å²) in [6.07, 6.45) is 4.95. The Morgan fingerprint density at radius 2 is 2.04 bits per heavy atom. The lowest BCUT2D eigenvalue weighted by atomic mass is 10.2. The molecule has 3 heterocycles. The van der Waals surface area contributed by atoms with Gasteiger partial charge in [-0.25, -0.2) is 0 Å². The lowest BCUT2D eigenvalue weighted by molar-refractivity contribution is 0.412. The van der Waals surface area contributed by atoms with Gasteiger partial charge in [0.1, 0.15) is 5.75 Å². The lowest BCUT2D eigenvalue weighted by Crippen LogP contribution is -2.05. The third-order valence-corrected chi connectivity index (χ3v) is 3.82. The molecular weight excluding hydrogens is 318 g/mol. The molecule has 0 aliphatic rings. The van der Waals surface area contributed by atoms with Gasteiger partial charge >= 0.3 is 6.01 Å². The van der Waals surface area contributed by atoms with Crippen molar-refractivity contribution in [3.63, 3.8) is 0 Å². The van der Waals surface area contributed by atoms with Crippen LogP contribution in [0.2, 0.25) is 0 Å². The maximum Gasteiger partial charge on any atom is 0.325 e. The summed E-state index contributed by atoms with van der Waals surface area (Å²) in [7, 11) is 0. The molecule has 0 aliphatic heterocycles. The van der Waals surface area contributed by atoms with E-state index in [4.69, 9.17) is 4.74 Å². The third kappa shape index (κ3) is 2.96. The summed E-state index contributed by atoms with van der Waals surface area (Å²) in [4.78, 5) is 12.3. The Balaban J connectivity index is 1.66. The van der Waals surface area contributed by atoms with Gasteiger partial charge in [0.2, 0.25) is 5.88 Å². The highest BCUT2D eigenvalue weighted by Gasteiger charge is 2.10. The van der Waals surface area contributed by atoms with Crippen LogP contribution in [0.25, 0.3) is 21.8 Å². The van der Waals surface area contributed by atoms with Crippen molar-refractivity contribution in [3.8, 4) is 17.6 Å². The molecule has 4 aromatic rings. The Hall–Kier alpha value is -3.22. The molecule has 0 atom stereocenters. The van der Waals surface area contributed by atoms with Gasteiger partial charge in [-0.3, -0.25) is 9.67 Å². The topological polar surface area (TPSA) is 86.0 Å². The Kier molecular flexibility index (Phi) is 3.68. The van der Waals surface area contributed by atoms with Crippen molar-refractivity contribution < 1.29 is 9.84 Å². The average Bonchev–Trinajstić information content (AvgIpc) is 2.96. The number of aromatic nitrogens is 5. The second kappa shape index (κ2) is 6.01. The van der Waals surface area contributed by atoms with Crippen LogP contribution in [0.1, 0.15) is 13.8 Å². The Labute approximate surface area is 143 Å². The normalized spacial score (nSPS) is 11.5. The first-order valence-corrected chi connectivity index (χ1v) is 8.04. The van der Waals surface area contributed by atoms with Crippen LogP contribution in [-0.4, -0.2) is 29.8 Å². The Bertz CT molecular complexity index is 1060. The van der Waals surface area contributed by atoms with Crippen LogP contribution in [-0.2, 0) is 6.54 Å². The smallest absolute Gasteiger partial charge is 0.325 e. The van der Waals surface area contributed by atoms with Crippen molar-refractivity contribution in [3.05, 3.63) is 42.9 Å². The van der Waals surface area contributed by atoms with Crippen LogP contribution >= 0.6 is 0 Å². The number of benzene rings is 1. The fourth-order valence-electron chi connectivity index (χ4n) is 2.71. The summed E-state index contributed by atoms with van der Waals surface area (Å²) in [6.45, 7) is 5.17. The standard InChI is InChI=1S/C18H17N5O2/c1-11(2)10-23-16-4-3-13(7-12(16)8-20-23)25-18-21-15-9-19-6-5-14(15)17(24)22-18/h3-9,11H,10H2,1-2H3,(H,21,22,24). The summed E-state index contributed by atoms with van der Waals surface area (Å²) in [5.74, 6) is 0.967. The fraction of sp³-hybridized carbons (Fsp3) is 0.222. The van der Waals surface area contributed by atoms with Crippen LogP contribution < -0.4 is 4.74 Å². The predicted octanol–water partition coefficient (Wildman–Crippen LogP) is 3.53. The highest BCUT2D eigenvalue weighted by Crippen LogP contribution is 2.27. The highest BCUT2D eigenvalue weighted by molar-refractivity contribution is 5.82. The zero-order valence-electron chi connectivity index (χ0n) is 13.9. The molecule has 7 heteroatoms. The first-order valence-electron chi connectivity index (χ1n) is 8.04. The number of ether oxygens (including phenoxy) is 1. The molecule has 0 saturated heterocycles. The van der Waals surface area contributed by atoms with Crippen molar-refractivity contribution in [2.24, 2.45) is 5.92 Å². The van der Waals surface area contributed by atoms with Gasteiger partial charge in [0, 0.05) is 18.1 Å². The van der Waals surface area contributed by atoms with E-state index in [0.29, 0.717) is 22.6 Å². The SMILES string of the molecule is CC(C)Cn1ncc2cc(Oc3nc(O)c4ccncc4n3)ccc21. The van der Waals surface area contributed by atoms with E-state index in [0.717, 1.165) is 17.4 Å². The minimum Gasteiger partial charge on any atom is -0.493 e. The summed E-state index contributed by atoms with van der Waals surface area (Å²) < 4.78 is 7.70. The molecule has 0 fully saturated rings. The van der Waals surface area contributed by atoms with E-state index in [2.05, 4.69) is 33.9 Å². The average molecular weight is 335 g/mol. The van der Waals surface area contributed by atoms with Crippen molar-refractivity contribution in [2.45, 2.75) is 20.4 Å². The monoisotopic (exact) mass is 335 g/mol. The minimum absolute atomic E-state index is 0.0759. The molecule has 0 amide bonds. The zero-order valence-corrected chi connectivity index (χ0v) is 13.9. The molecule has 25 heavy (non-hydrogen) atoms. The Morgan fingerprint density at radius 3 is 2.88 bits per heavy atom. The van der Waals surface area contributed by atoms with Crippen LogP contribution in [0.3, 0.4) is 0 Å². The van der Waals surface area contributed by atoms with Crippen LogP contribution in [0.4, 0.5) is 0 Å². The van der Waals surface area contributed by atoms with Gasteiger partial charge in [0.25, 0.3) is 0 Å². The summed E-state index contributed by atoms with van der Waals surface area (Å²) in [5, 5.41) is 15.9. The molecule has 4 rings (SSSR count). The first-order chi connectivity index (χ1) is 12.1. The van der Waals surface area contributed by atoms with Crippen LogP contribution in [0, 0.1) is 5.92 Å². The summed E-state index contributed by atoms with van der Waals surface area (Å²) >= 11 is 0. The molecule has 0 unspecified atom stereocenters. The quantitative estimate of drug-likeness (QED) is 0.614. The van der Waals surface area contributed by atoms with Crippen LogP contribution in [0.5, 0.6) is 17.6 Å². The van der Waals surface area contributed by atoms with E-state index in [-0.39, 0.29) is 11.9 Å². The van der Waals surface area contributed by atoms with Crippen molar-refractivity contribution in [1.29, 1.82) is 0 Å². The zero-order chi connectivity index (χ0) is 17.4. The maximum absolute atomic E-state index is 10.0. The lowest BCUT2D eigenvalue weighted by Gasteiger charge is -2.08. The van der Waals surface area contributed by atoms with Gasteiger partial charge < -0.3 is 9.84 Å². The molecule has 3 aromatic heterocycles. The van der Waals surface area contributed by atoms with Gasteiger partial charge in [0.05, 0.1) is 28.8 Å². The predicted molar refractivity (Wildman–Crippen MR) is 93.6 cm³/mol. The highest BCUT2D eigenvalue weighted by atomic mass is 16.5. The molecular formula is C18H17N5O2. The van der Waals surface area contributed by atoms with Gasteiger partial charge in [-0.05, 0) is 30.2 Å². The second-order valence-electron chi connectivity index (χ2n) is 6.27. The van der Waals surface area contributed by atoms with E-state index >= 15 is 0 Å². The molecule has 0 saturated carbocycles. The molecule has 0 bridgehead atoms. The first kappa shape index (κ1) is 15.3. The number of nitrogens with zero attached hydrogens (tertiary/aromatic N) is 5. The maximum atomic E-state index is 10.0. The van der Waals surface area contributed by atoms with Gasteiger partial charge in [0.15, 0.2) is 0 Å². The number of fused-ring (bicyclic) bond motifs is 2. The summed E-state index contributed by atoms with van der Waals surface area (Å²) in [5.41, 5.74) is 1.57. The molecule has 0 radical (unpaired) electrons. The number of hydrogen-bond acceptors (Lipinski definition) is 6. The largest absolute Gasteiger partial charge is 0.493 e. The van der Waals surface area contributed by atoms with Gasteiger partial charge in [-0.15, -0.1) is 0 Å². The molecule has 7 nitrogen and oxygen atoms in total. The van der Waals surface area contributed by atoms with Crippen molar-refractivity contribution in [1.82, 2.24) is 24.7 Å². The number of aromatic hydroxyl groups is 1. The van der Waals surface area contributed by atoms with Crippen molar-refractivity contribution in [2.75, 3.05) is 0 Å². The molecule has 1 aromatic carbocycles. The Morgan fingerprint density at radius 1 is 1.16 bits per heavy atom. The number of hydrogen-bond donors (Lipinski definition) is 1. The van der Waals surface area contributed by atoms with E-state index in [1.807, 2.05) is 29.1 Å². The number of rotatable bonds is 4. The van der Waals surface area contributed by atoms with E-state index in [1.54, 1.807) is 18.5 Å². The molecule has 126 valence electrons. The van der Waals surface area contributed by atoms with E-state index in [1.165, 1.54) is 0 Å². The van der Waals surface area contributed by atoms with Gasteiger partial charge in [-0.2, -0.15) is 15.1 Å². The number of pyridine rings is 1. The van der Waals surface area contributed by atoms with Crippen LogP contribution in [0.15, 0.2) is 42.9 Å². The van der Waals surface area contributed by atoms with E-state index in [9.17, 15) is 5.11 Å². The second-order valence-corrected chi connectivity index (χ2v) is 6.27. The molecule has 0 aliphatic carbocycles. The van der Waals surface area contributed by atoms with E-state index < -0.39 is 0 Å². The van der Waals surface area contributed by atoms with Crippen molar-refractivity contribution >= 4 is 21.8 Å². The molecule has 1 N–H and O–H groups in total. The third-order valence-electron chi connectivity index (χ3n) is 3.82. The summed E-state index contributed by atoms with van der Waals surface area (Å²) in [6, 6.07) is 7.42. The fourth-order valence-corrected chi connectivity index (χ4v) is 2.71. The molecule has 0 spiro atoms. The minimum atomic E-state index is -0.131.